The fourth-order valence-corrected chi connectivity index (χ4v) is 4.65. The number of methoxy groups -OCH3 is 1. The number of thioether (sulfide) groups is 2. The molecule has 0 radical (unpaired) electrons. The van der Waals surface area contributed by atoms with Crippen LogP contribution in [0.15, 0.2) is 70.4 Å². The topological polar surface area (TPSA) is 76.1 Å². The first-order chi connectivity index (χ1) is 14.2. The Labute approximate surface area is 182 Å². The van der Waals surface area contributed by atoms with Crippen LogP contribution in [0.2, 0.25) is 0 Å². The lowest BCUT2D eigenvalue weighted by Gasteiger charge is -2.09. The van der Waals surface area contributed by atoms with Gasteiger partial charge in [0.05, 0.1) is 24.2 Å². The number of aromatic nitrogens is 2. The highest BCUT2D eigenvalue weighted by Crippen LogP contribution is 2.32. The number of amides is 1. The Kier molecular flexibility index (Phi) is 7.97. The summed E-state index contributed by atoms with van der Waals surface area (Å²) in [4.78, 5) is 13.4. The van der Waals surface area contributed by atoms with Crippen molar-refractivity contribution in [2.45, 2.75) is 9.24 Å². The number of para-hydroxylation sites is 3. The van der Waals surface area contributed by atoms with Gasteiger partial charge in [0.15, 0.2) is 4.34 Å². The van der Waals surface area contributed by atoms with Gasteiger partial charge in [0.25, 0.3) is 0 Å². The highest BCUT2D eigenvalue weighted by atomic mass is 32.2. The minimum absolute atomic E-state index is 0.0870. The molecule has 9 heteroatoms. The van der Waals surface area contributed by atoms with E-state index >= 15 is 0 Å². The molecule has 0 aliphatic heterocycles. The first-order valence-corrected chi connectivity index (χ1v) is 11.5. The Morgan fingerprint density at radius 2 is 1.90 bits per heavy atom. The normalized spacial score (nSPS) is 10.4. The average molecular weight is 445 g/mol. The van der Waals surface area contributed by atoms with Crippen molar-refractivity contribution < 1.29 is 9.53 Å². The molecule has 0 bridgehead atoms. The van der Waals surface area contributed by atoms with E-state index in [1.807, 2.05) is 54.6 Å². The van der Waals surface area contributed by atoms with Gasteiger partial charge in [0, 0.05) is 10.6 Å². The summed E-state index contributed by atoms with van der Waals surface area (Å²) >= 11 is 4.37. The molecular formula is C20H20N4O2S3. The fourth-order valence-electron chi connectivity index (χ4n) is 2.34. The lowest BCUT2D eigenvalue weighted by Crippen LogP contribution is -2.14. The highest BCUT2D eigenvalue weighted by molar-refractivity contribution is 8.01. The largest absolute Gasteiger partial charge is 0.495 e. The molecule has 0 saturated heterocycles. The molecule has 2 aromatic carbocycles. The molecule has 1 aromatic heterocycles. The smallest absolute Gasteiger partial charge is 0.234 e. The molecule has 0 aliphatic carbocycles. The SMILES string of the molecule is C=CCSc1ccccc1NC(=O)CSc1nnc(Nc2ccccc2OC)s1. The van der Waals surface area contributed by atoms with Gasteiger partial charge in [0.1, 0.15) is 5.75 Å². The summed E-state index contributed by atoms with van der Waals surface area (Å²) in [6.07, 6.45) is 1.84. The fraction of sp³-hybridized carbons (Fsp3) is 0.150. The third-order valence-corrected chi connectivity index (χ3v) is 6.64. The van der Waals surface area contributed by atoms with E-state index in [0.717, 1.165) is 27.8 Å². The van der Waals surface area contributed by atoms with Crippen molar-refractivity contribution >= 4 is 57.3 Å². The van der Waals surface area contributed by atoms with Crippen LogP contribution >= 0.6 is 34.9 Å². The van der Waals surface area contributed by atoms with Crippen LogP contribution in [0.3, 0.4) is 0 Å². The van der Waals surface area contributed by atoms with Crippen LogP contribution < -0.4 is 15.4 Å². The van der Waals surface area contributed by atoms with Crippen LogP contribution in [0.25, 0.3) is 0 Å². The van der Waals surface area contributed by atoms with Gasteiger partial charge < -0.3 is 15.4 Å². The average Bonchev–Trinajstić information content (AvgIpc) is 3.19. The second-order valence-corrected chi connectivity index (χ2v) is 8.89. The zero-order valence-corrected chi connectivity index (χ0v) is 18.2. The van der Waals surface area contributed by atoms with E-state index in [9.17, 15) is 4.79 Å². The van der Waals surface area contributed by atoms with Crippen LogP contribution in [0, 0.1) is 0 Å². The number of carbonyl (C=O) groups is 1. The maximum atomic E-state index is 12.4. The van der Waals surface area contributed by atoms with E-state index in [4.69, 9.17) is 4.74 Å². The molecule has 2 N–H and O–H groups in total. The molecular weight excluding hydrogens is 424 g/mol. The quantitative estimate of drug-likeness (QED) is 0.325. The van der Waals surface area contributed by atoms with Crippen LogP contribution in [-0.2, 0) is 4.79 Å². The Bertz CT molecular complexity index is 978. The molecule has 1 amide bonds. The molecule has 0 aliphatic rings. The van der Waals surface area contributed by atoms with Gasteiger partial charge in [-0.05, 0) is 24.3 Å². The lowest BCUT2D eigenvalue weighted by atomic mass is 10.3. The second kappa shape index (κ2) is 10.9. The zero-order chi connectivity index (χ0) is 20.5. The van der Waals surface area contributed by atoms with Crippen molar-refractivity contribution in [1.82, 2.24) is 10.2 Å². The number of rotatable bonds is 10. The van der Waals surface area contributed by atoms with Gasteiger partial charge in [-0.2, -0.15) is 0 Å². The number of nitrogens with zero attached hydrogens (tertiary/aromatic N) is 2. The van der Waals surface area contributed by atoms with Gasteiger partial charge in [-0.1, -0.05) is 53.4 Å². The standard InChI is InChI=1S/C20H20N4O2S3/c1-3-12-27-17-11-7-5-9-15(17)21-18(25)13-28-20-24-23-19(29-20)22-14-8-4-6-10-16(14)26-2/h3-11H,1,12-13H2,2H3,(H,21,25)(H,22,23). The van der Waals surface area contributed by atoms with Crippen molar-refractivity contribution in [1.29, 1.82) is 0 Å². The summed E-state index contributed by atoms with van der Waals surface area (Å²) in [6.45, 7) is 3.73. The number of carbonyl (C=O) groups excluding carboxylic acids is 1. The predicted molar refractivity (Wildman–Crippen MR) is 123 cm³/mol. The maximum absolute atomic E-state index is 12.4. The van der Waals surface area contributed by atoms with Gasteiger partial charge >= 0.3 is 0 Å². The number of hydrogen-bond acceptors (Lipinski definition) is 8. The first kappa shape index (κ1) is 21.2. The Hall–Kier alpha value is -2.49. The van der Waals surface area contributed by atoms with Crippen molar-refractivity contribution in [2.75, 3.05) is 29.2 Å². The van der Waals surface area contributed by atoms with E-state index in [1.54, 1.807) is 18.9 Å². The first-order valence-electron chi connectivity index (χ1n) is 8.68. The minimum atomic E-state index is -0.0870. The summed E-state index contributed by atoms with van der Waals surface area (Å²) in [5.41, 5.74) is 1.62. The Morgan fingerprint density at radius 1 is 1.14 bits per heavy atom. The van der Waals surface area contributed by atoms with Crippen LogP contribution in [0.1, 0.15) is 0 Å². The summed E-state index contributed by atoms with van der Waals surface area (Å²) in [7, 11) is 1.62. The molecule has 3 aromatic rings. The van der Waals surface area contributed by atoms with E-state index < -0.39 is 0 Å². The van der Waals surface area contributed by atoms with Gasteiger partial charge in [0.2, 0.25) is 11.0 Å². The summed E-state index contributed by atoms with van der Waals surface area (Å²) in [5.74, 6) is 1.68. The molecule has 0 unspecified atom stereocenters. The number of anilines is 3. The maximum Gasteiger partial charge on any atom is 0.234 e. The molecule has 0 fully saturated rings. The number of hydrogen-bond donors (Lipinski definition) is 2. The molecule has 0 spiro atoms. The van der Waals surface area contributed by atoms with E-state index in [-0.39, 0.29) is 11.7 Å². The van der Waals surface area contributed by atoms with Crippen molar-refractivity contribution in [3.05, 3.63) is 61.2 Å². The number of nitrogens with one attached hydrogen (secondary N) is 2. The van der Waals surface area contributed by atoms with Crippen molar-refractivity contribution in [3.8, 4) is 5.75 Å². The minimum Gasteiger partial charge on any atom is -0.495 e. The third-order valence-electron chi connectivity index (χ3n) is 3.60. The van der Waals surface area contributed by atoms with E-state index in [2.05, 4.69) is 27.4 Å². The summed E-state index contributed by atoms with van der Waals surface area (Å²) < 4.78 is 6.04. The molecule has 6 nitrogen and oxygen atoms in total. The van der Waals surface area contributed by atoms with Crippen LogP contribution in [0.5, 0.6) is 5.75 Å². The summed E-state index contributed by atoms with van der Waals surface area (Å²) in [6, 6.07) is 15.3. The zero-order valence-electron chi connectivity index (χ0n) is 15.8. The van der Waals surface area contributed by atoms with Gasteiger partial charge in [-0.3, -0.25) is 4.79 Å². The molecule has 0 atom stereocenters. The highest BCUT2D eigenvalue weighted by Gasteiger charge is 2.11. The van der Waals surface area contributed by atoms with Crippen molar-refractivity contribution in [3.63, 3.8) is 0 Å². The molecule has 150 valence electrons. The van der Waals surface area contributed by atoms with Gasteiger partial charge in [-0.15, -0.1) is 28.5 Å². The predicted octanol–water partition coefficient (Wildman–Crippen LogP) is 5.30. The monoisotopic (exact) mass is 444 g/mol. The Morgan fingerprint density at radius 3 is 2.69 bits per heavy atom. The van der Waals surface area contributed by atoms with Crippen LogP contribution in [-0.4, -0.2) is 34.7 Å². The van der Waals surface area contributed by atoms with E-state index in [0.29, 0.717) is 9.47 Å². The molecule has 3 rings (SSSR count). The molecule has 0 saturated carbocycles. The second-order valence-electron chi connectivity index (χ2n) is 5.63. The lowest BCUT2D eigenvalue weighted by molar-refractivity contribution is -0.113. The van der Waals surface area contributed by atoms with Crippen molar-refractivity contribution in [2.24, 2.45) is 0 Å². The summed E-state index contributed by atoms with van der Waals surface area (Å²) in [5, 5.41) is 15.1. The van der Waals surface area contributed by atoms with Crippen LogP contribution in [0.4, 0.5) is 16.5 Å². The third kappa shape index (κ3) is 6.25. The number of ether oxygens (including phenoxy) is 1. The Balaban J connectivity index is 1.54. The molecule has 29 heavy (non-hydrogen) atoms. The molecule has 1 heterocycles. The number of benzene rings is 2. The van der Waals surface area contributed by atoms with Gasteiger partial charge in [-0.25, -0.2) is 0 Å². The van der Waals surface area contributed by atoms with E-state index in [1.165, 1.54) is 23.1 Å².